The van der Waals surface area contributed by atoms with Gasteiger partial charge in [-0.1, -0.05) is 48.5 Å². The van der Waals surface area contributed by atoms with Crippen molar-refractivity contribution in [3.8, 4) is 0 Å². The standard InChI is InChI=1S/C20H23ClN4O2/c1-2-18(26)24-11-8-20(9-12-24,16-6-4-3-5-7-16)19(27)22-10-13-25-15-17(21)14-23-25/h2-7,14-15H,1,8-13H2,(H,22,27). The second-order valence-electron chi connectivity index (χ2n) is 6.66. The third-order valence-electron chi connectivity index (χ3n) is 5.09. The maximum absolute atomic E-state index is 13.2. The fourth-order valence-corrected chi connectivity index (χ4v) is 3.71. The number of nitrogens with zero attached hydrogens (tertiary/aromatic N) is 3. The zero-order chi connectivity index (χ0) is 19.3. The number of likely N-dealkylation sites (tertiary alicyclic amines) is 1. The van der Waals surface area contributed by atoms with E-state index in [1.165, 1.54) is 6.08 Å². The van der Waals surface area contributed by atoms with E-state index in [0.717, 1.165) is 5.56 Å². The van der Waals surface area contributed by atoms with Crippen LogP contribution >= 0.6 is 11.6 Å². The molecule has 0 atom stereocenters. The molecule has 1 saturated heterocycles. The van der Waals surface area contributed by atoms with Crippen LogP contribution in [0.2, 0.25) is 5.02 Å². The van der Waals surface area contributed by atoms with Gasteiger partial charge >= 0.3 is 0 Å². The zero-order valence-corrected chi connectivity index (χ0v) is 15.9. The van der Waals surface area contributed by atoms with Crippen molar-refractivity contribution in [2.75, 3.05) is 19.6 Å². The smallest absolute Gasteiger partial charge is 0.245 e. The Labute approximate surface area is 163 Å². The molecule has 6 nitrogen and oxygen atoms in total. The minimum absolute atomic E-state index is 0.0161. The number of rotatable bonds is 6. The lowest BCUT2D eigenvalue weighted by atomic mass is 9.72. The van der Waals surface area contributed by atoms with E-state index in [-0.39, 0.29) is 11.8 Å². The van der Waals surface area contributed by atoms with Crippen LogP contribution in [-0.4, -0.2) is 46.1 Å². The summed E-state index contributed by atoms with van der Waals surface area (Å²) < 4.78 is 1.70. The third kappa shape index (κ3) is 4.22. The van der Waals surface area contributed by atoms with Gasteiger partial charge in [0, 0.05) is 25.8 Å². The first-order valence-electron chi connectivity index (χ1n) is 8.98. The summed E-state index contributed by atoms with van der Waals surface area (Å²) in [6.07, 6.45) is 5.78. The molecule has 1 N–H and O–H groups in total. The van der Waals surface area contributed by atoms with Crippen LogP contribution < -0.4 is 5.32 Å². The molecule has 0 aliphatic carbocycles. The molecule has 1 aromatic heterocycles. The average molecular weight is 387 g/mol. The number of carbonyl (C=O) groups excluding carboxylic acids is 2. The number of aromatic nitrogens is 2. The van der Waals surface area contributed by atoms with Gasteiger partial charge in [0.15, 0.2) is 0 Å². The molecular formula is C20H23ClN4O2. The predicted octanol–water partition coefficient (Wildman–Crippen LogP) is 2.40. The summed E-state index contributed by atoms with van der Waals surface area (Å²) in [5, 5.41) is 7.73. The number of hydrogen-bond donors (Lipinski definition) is 1. The molecule has 1 aliphatic heterocycles. The Bertz CT molecular complexity index is 810. The van der Waals surface area contributed by atoms with E-state index >= 15 is 0 Å². The molecular weight excluding hydrogens is 364 g/mol. The molecule has 3 rings (SSSR count). The lowest BCUT2D eigenvalue weighted by Crippen LogP contribution is -2.53. The number of amides is 2. The molecule has 142 valence electrons. The van der Waals surface area contributed by atoms with Gasteiger partial charge in [-0.2, -0.15) is 5.10 Å². The van der Waals surface area contributed by atoms with Crippen molar-refractivity contribution in [3.05, 3.63) is 66.0 Å². The summed E-state index contributed by atoms with van der Waals surface area (Å²) >= 11 is 5.87. The fourth-order valence-electron chi connectivity index (χ4n) is 3.56. The monoisotopic (exact) mass is 386 g/mol. The SMILES string of the molecule is C=CC(=O)N1CCC(C(=O)NCCn2cc(Cl)cn2)(c2ccccc2)CC1. The quantitative estimate of drug-likeness (QED) is 0.775. The minimum Gasteiger partial charge on any atom is -0.353 e. The zero-order valence-electron chi connectivity index (χ0n) is 15.1. The minimum atomic E-state index is -0.638. The molecule has 1 aromatic carbocycles. The van der Waals surface area contributed by atoms with Gasteiger partial charge in [0.1, 0.15) is 0 Å². The van der Waals surface area contributed by atoms with Crippen LogP contribution in [0.3, 0.4) is 0 Å². The molecule has 0 radical (unpaired) electrons. The summed E-state index contributed by atoms with van der Waals surface area (Å²) in [5.74, 6) is -0.106. The van der Waals surface area contributed by atoms with E-state index in [1.807, 2.05) is 30.3 Å². The van der Waals surface area contributed by atoms with Crippen molar-refractivity contribution in [3.63, 3.8) is 0 Å². The van der Waals surface area contributed by atoms with Crippen LogP contribution in [0.15, 0.2) is 55.4 Å². The maximum atomic E-state index is 13.2. The van der Waals surface area contributed by atoms with Gasteiger partial charge < -0.3 is 10.2 Å². The van der Waals surface area contributed by atoms with Crippen molar-refractivity contribution in [1.29, 1.82) is 0 Å². The summed E-state index contributed by atoms with van der Waals surface area (Å²) in [6, 6.07) is 9.79. The van der Waals surface area contributed by atoms with Crippen LogP contribution in [-0.2, 0) is 21.5 Å². The van der Waals surface area contributed by atoms with Crippen molar-refractivity contribution in [2.45, 2.75) is 24.8 Å². The molecule has 1 aliphatic rings. The molecule has 0 unspecified atom stereocenters. The fraction of sp³-hybridized carbons (Fsp3) is 0.350. The van der Waals surface area contributed by atoms with E-state index in [9.17, 15) is 9.59 Å². The van der Waals surface area contributed by atoms with Gasteiger partial charge in [-0.3, -0.25) is 14.3 Å². The van der Waals surface area contributed by atoms with E-state index in [0.29, 0.717) is 44.0 Å². The Balaban J connectivity index is 1.71. The first-order valence-corrected chi connectivity index (χ1v) is 9.36. The van der Waals surface area contributed by atoms with Gasteiger partial charge in [0.2, 0.25) is 11.8 Å². The molecule has 27 heavy (non-hydrogen) atoms. The second kappa shape index (κ2) is 8.39. The number of halogens is 1. The Kier molecular flexibility index (Phi) is 5.96. The molecule has 0 bridgehead atoms. The van der Waals surface area contributed by atoms with Gasteiger partial charge in [-0.25, -0.2) is 0 Å². The van der Waals surface area contributed by atoms with Crippen LogP contribution in [0, 0.1) is 0 Å². The lowest BCUT2D eigenvalue weighted by molar-refractivity contribution is -0.133. The highest BCUT2D eigenvalue weighted by molar-refractivity contribution is 6.30. The van der Waals surface area contributed by atoms with E-state index in [4.69, 9.17) is 11.6 Å². The molecule has 1 fully saturated rings. The molecule has 2 heterocycles. The summed E-state index contributed by atoms with van der Waals surface area (Å²) in [7, 11) is 0. The Morgan fingerprint density at radius 2 is 1.96 bits per heavy atom. The highest BCUT2D eigenvalue weighted by atomic mass is 35.5. The number of carbonyl (C=O) groups is 2. The normalized spacial score (nSPS) is 16.0. The highest BCUT2D eigenvalue weighted by Crippen LogP contribution is 2.36. The Morgan fingerprint density at radius 3 is 2.56 bits per heavy atom. The van der Waals surface area contributed by atoms with E-state index < -0.39 is 5.41 Å². The largest absolute Gasteiger partial charge is 0.353 e. The summed E-state index contributed by atoms with van der Waals surface area (Å²) in [6.45, 7) is 5.61. The van der Waals surface area contributed by atoms with Gasteiger partial charge in [0.25, 0.3) is 0 Å². The Hall–Kier alpha value is -2.60. The van der Waals surface area contributed by atoms with Crippen molar-refractivity contribution in [1.82, 2.24) is 20.0 Å². The van der Waals surface area contributed by atoms with Crippen molar-refractivity contribution >= 4 is 23.4 Å². The first kappa shape index (κ1) is 19.2. The summed E-state index contributed by atoms with van der Waals surface area (Å²) in [4.78, 5) is 26.8. The molecule has 2 aromatic rings. The number of hydrogen-bond acceptors (Lipinski definition) is 3. The van der Waals surface area contributed by atoms with Crippen LogP contribution in [0.1, 0.15) is 18.4 Å². The van der Waals surface area contributed by atoms with Gasteiger partial charge in [-0.05, 0) is 24.5 Å². The second-order valence-corrected chi connectivity index (χ2v) is 7.09. The molecule has 0 spiro atoms. The van der Waals surface area contributed by atoms with Crippen molar-refractivity contribution in [2.24, 2.45) is 0 Å². The topological polar surface area (TPSA) is 67.2 Å². The number of benzene rings is 1. The lowest BCUT2D eigenvalue weighted by Gasteiger charge is -2.40. The van der Waals surface area contributed by atoms with Gasteiger partial charge in [-0.15, -0.1) is 0 Å². The van der Waals surface area contributed by atoms with E-state index in [1.54, 1.807) is 22.0 Å². The van der Waals surface area contributed by atoms with Gasteiger partial charge in [0.05, 0.1) is 23.2 Å². The van der Waals surface area contributed by atoms with E-state index in [2.05, 4.69) is 17.0 Å². The average Bonchev–Trinajstić information content (AvgIpc) is 3.13. The first-order chi connectivity index (χ1) is 13.0. The maximum Gasteiger partial charge on any atom is 0.245 e. The predicted molar refractivity (Wildman–Crippen MR) is 104 cm³/mol. The third-order valence-corrected chi connectivity index (χ3v) is 5.29. The van der Waals surface area contributed by atoms with Crippen LogP contribution in [0.4, 0.5) is 0 Å². The summed E-state index contributed by atoms with van der Waals surface area (Å²) in [5.41, 5.74) is 0.344. The Morgan fingerprint density at radius 1 is 1.26 bits per heavy atom. The molecule has 7 heteroatoms. The van der Waals surface area contributed by atoms with Crippen molar-refractivity contribution < 1.29 is 9.59 Å². The molecule has 0 saturated carbocycles. The highest BCUT2D eigenvalue weighted by Gasteiger charge is 2.43. The van der Waals surface area contributed by atoms with Crippen LogP contribution in [0.25, 0.3) is 0 Å². The number of nitrogens with one attached hydrogen (secondary N) is 1. The van der Waals surface area contributed by atoms with Crippen LogP contribution in [0.5, 0.6) is 0 Å². The molecule has 2 amide bonds. The number of piperidine rings is 1.